The minimum absolute atomic E-state index is 0.0764. The number of aliphatic carboxylic acids is 4. The first-order valence-electron chi connectivity index (χ1n) is 13.0. The molecule has 6 atom stereocenters. The second kappa shape index (κ2) is 16.5. The molecule has 1 fully saturated rings. The lowest BCUT2D eigenvalue weighted by molar-refractivity contribution is -0.139. The van der Waals surface area contributed by atoms with Crippen LogP contribution >= 0.6 is 0 Å². The monoisotopic (exact) mass is 531 g/mol. The second-order valence-electron chi connectivity index (χ2n) is 10.3. The van der Waals surface area contributed by atoms with E-state index in [2.05, 4.69) is 4.90 Å². The van der Waals surface area contributed by atoms with Crippen LogP contribution in [0.3, 0.4) is 0 Å². The first-order chi connectivity index (χ1) is 17.3. The van der Waals surface area contributed by atoms with E-state index in [0.717, 1.165) is 6.42 Å². The number of carboxylic acid groups (broad SMARTS) is 4. The van der Waals surface area contributed by atoms with E-state index in [9.17, 15) is 29.4 Å². The molecule has 1 aliphatic rings. The van der Waals surface area contributed by atoms with Crippen molar-refractivity contribution < 1.29 is 39.6 Å². The van der Waals surface area contributed by atoms with Gasteiger partial charge in [0.2, 0.25) is 0 Å². The molecule has 0 amide bonds. The number of nitrogens with two attached hydrogens (primary N) is 4. The summed E-state index contributed by atoms with van der Waals surface area (Å²) in [6, 6.07) is -3.85. The van der Waals surface area contributed by atoms with Gasteiger partial charge in [0, 0.05) is 13.1 Å². The van der Waals surface area contributed by atoms with Gasteiger partial charge in [0.25, 0.3) is 0 Å². The highest BCUT2D eigenvalue weighted by Gasteiger charge is 2.37. The van der Waals surface area contributed by atoms with Crippen LogP contribution in [0.25, 0.3) is 0 Å². The Labute approximate surface area is 217 Å². The SMILES string of the molecule is N[C@@H](CCCCN1CC(CC[C@H](N)C(=O)O)C(CCC[C@H](N)C(=O)O)C(CC[C@H](N)C(=O)O)C1)C(=O)O. The molecule has 2 unspecified atom stereocenters. The molecule has 1 aliphatic heterocycles. The number of rotatable bonds is 19. The zero-order chi connectivity index (χ0) is 28.1. The summed E-state index contributed by atoms with van der Waals surface area (Å²) in [7, 11) is 0. The quantitative estimate of drug-likeness (QED) is 0.0997. The van der Waals surface area contributed by atoms with Crippen molar-refractivity contribution in [1.82, 2.24) is 4.90 Å². The van der Waals surface area contributed by atoms with Gasteiger partial charge in [-0.25, -0.2) is 0 Å². The van der Waals surface area contributed by atoms with Crippen molar-refractivity contribution >= 4 is 23.9 Å². The number of likely N-dealkylation sites (tertiary alicyclic amines) is 1. The molecule has 1 saturated heterocycles. The molecule has 0 saturated carbocycles. The molecule has 214 valence electrons. The van der Waals surface area contributed by atoms with Crippen molar-refractivity contribution in [3.05, 3.63) is 0 Å². The summed E-state index contributed by atoms with van der Waals surface area (Å²) < 4.78 is 0. The second-order valence-corrected chi connectivity index (χ2v) is 10.3. The molecule has 0 spiro atoms. The maximum atomic E-state index is 11.3. The topological polar surface area (TPSA) is 257 Å². The molecule has 13 nitrogen and oxygen atoms in total. The summed E-state index contributed by atoms with van der Waals surface area (Å²) in [5.74, 6) is -3.98. The van der Waals surface area contributed by atoms with Gasteiger partial charge in [0.05, 0.1) is 0 Å². The molecule has 1 rings (SSSR count). The Morgan fingerprint density at radius 3 is 1.38 bits per heavy atom. The van der Waals surface area contributed by atoms with Crippen LogP contribution in [-0.4, -0.2) is 93.0 Å². The summed E-state index contributed by atoms with van der Waals surface area (Å²) in [6.45, 7) is 2.08. The minimum atomic E-state index is -1.07. The van der Waals surface area contributed by atoms with Crippen LogP contribution in [0.4, 0.5) is 0 Å². The number of nitrogens with zero attached hydrogens (tertiary/aromatic N) is 1. The maximum Gasteiger partial charge on any atom is 0.320 e. The van der Waals surface area contributed by atoms with Gasteiger partial charge in [-0.05, 0) is 75.7 Å². The zero-order valence-corrected chi connectivity index (χ0v) is 21.4. The van der Waals surface area contributed by atoms with Gasteiger partial charge in [-0.2, -0.15) is 0 Å². The number of carboxylic acids is 4. The first kappa shape index (κ1) is 32.7. The van der Waals surface area contributed by atoms with Gasteiger partial charge in [0.1, 0.15) is 24.2 Å². The van der Waals surface area contributed by atoms with Crippen LogP contribution < -0.4 is 22.9 Å². The Balaban J connectivity index is 2.97. The maximum absolute atomic E-state index is 11.3. The van der Waals surface area contributed by atoms with Crippen molar-refractivity contribution in [3.63, 3.8) is 0 Å². The third-order valence-corrected chi connectivity index (χ3v) is 7.45. The molecule has 0 bridgehead atoms. The van der Waals surface area contributed by atoms with E-state index in [4.69, 9.17) is 33.1 Å². The third kappa shape index (κ3) is 12.2. The highest BCUT2D eigenvalue weighted by atomic mass is 16.4. The fourth-order valence-corrected chi connectivity index (χ4v) is 5.21. The summed E-state index contributed by atoms with van der Waals surface area (Å²) in [5, 5.41) is 36.5. The van der Waals surface area contributed by atoms with Gasteiger partial charge in [-0.3, -0.25) is 19.2 Å². The molecule has 0 aromatic heterocycles. The van der Waals surface area contributed by atoms with Crippen LogP contribution in [0.1, 0.15) is 64.2 Å². The Morgan fingerprint density at radius 2 is 0.973 bits per heavy atom. The largest absolute Gasteiger partial charge is 0.480 e. The van der Waals surface area contributed by atoms with E-state index < -0.39 is 48.0 Å². The highest BCUT2D eigenvalue weighted by Crippen LogP contribution is 2.38. The van der Waals surface area contributed by atoms with E-state index in [1.54, 1.807) is 0 Å². The van der Waals surface area contributed by atoms with Gasteiger partial charge in [-0.15, -0.1) is 0 Å². The Morgan fingerprint density at radius 1 is 0.595 bits per heavy atom. The predicted octanol–water partition coefficient (Wildman–Crippen LogP) is -0.301. The normalized spacial score (nSPS) is 23.6. The number of piperidine rings is 1. The molecule has 37 heavy (non-hydrogen) atoms. The predicted molar refractivity (Wildman–Crippen MR) is 136 cm³/mol. The molecule has 0 aliphatic carbocycles. The van der Waals surface area contributed by atoms with Crippen LogP contribution in [0.2, 0.25) is 0 Å². The molecule has 0 radical (unpaired) electrons. The summed E-state index contributed by atoms with van der Waals surface area (Å²) >= 11 is 0. The van der Waals surface area contributed by atoms with E-state index in [-0.39, 0.29) is 30.6 Å². The lowest BCUT2D eigenvalue weighted by Crippen LogP contribution is -2.48. The van der Waals surface area contributed by atoms with Crippen molar-refractivity contribution in [3.8, 4) is 0 Å². The fourth-order valence-electron chi connectivity index (χ4n) is 5.21. The Bertz CT molecular complexity index is 721. The van der Waals surface area contributed by atoms with Gasteiger partial charge >= 0.3 is 23.9 Å². The van der Waals surface area contributed by atoms with E-state index in [0.29, 0.717) is 64.6 Å². The van der Waals surface area contributed by atoms with Crippen molar-refractivity contribution in [1.29, 1.82) is 0 Å². The lowest BCUT2D eigenvalue weighted by atomic mass is 9.71. The smallest absolute Gasteiger partial charge is 0.320 e. The average Bonchev–Trinajstić information content (AvgIpc) is 2.83. The highest BCUT2D eigenvalue weighted by molar-refractivity contribution is 5.74. The van der Waals surface area contributed by atoms with Crippen LogP contribution in [-0.2, 0) is 19.2 Å². The van der Waals surface area contributed by atoms with Crippen LogP contribution in [0.5, 0.6) is 0 Å². The van der Waals surface area contributed by atoms with E-state index >= 15 is 0 Å². The molecule has 12 N–H and O–H groups in total. The van der Waals surface area contributed by atoms with E-state index in [1.807, 2.05) is 0 Å². The van der Waals surface area contributed by atoms with Crippen molar-refractivity contribution in [2.75, 3.05) is 19.6 Å². The first-order valence-corrected chi connectivity index (χ1v) is 13.0. The molecule has 13 heteroatoms. The number of carbonyl (C=O) groups is 4. The summed E-state index contributed by atoms with van der Waals surface area (Å²) in [4.78, 5) is 46.9. The standard InChI is InChI=1S/C24H45N5O8/c25-17(21(30)31)5-1-2-11-29-12-14(7-9-19(27)23(34)35)16(4-3-6-18(26)22(32)33)15(13-29)8-10-20(28)24(36)37/h14-20H,1-13,25-28H2,(H,30,31)(H,32,33)(H,34,35)(H,36,37)/t14?,15?,16?,17-,18-,19-,20-/m0/s1. The van der Waals surface area contributed by atoms with E-state index in [1.165, 1.54) is 0 Å². The van der Waals surface area contributed by atoms with Gasteiger partial charge in [-0.1, -0.05) is 12.8 Å². The number of unbranched alkanes of at least 4 members (excludes halogenated alkanes) is 1. The van der Waals surface area contributed by atoms with Gasteiger partial charge < -0.3 is 48.3 Å². The molecular formula is C24H45N5O8. The van der Waals surface area contributed by atoms with Gasteiger partial charge in [0.15, 0.2) is 0 Å². The Kier molecular flexibility index (Phi) is 14.6. The Hall–Kier alpha value is -2.32. The summed E-state index contributed by atoms with van der Waals surface area (Å²) in [6.07, 6.45) is 5.00. The van der Waals surface area contributed by atoms with Crippen molar-refractivity contribution in [2.45, 2.75) is 88.4 Å². The molecular weight excluding hydrogens is 486 g/mol. The average molecular weight is 532 g/mol. The van der Waals surface area contributed by atoms with Crippen LogP contribution in [0.15, 0.2) is 0 Å². The fraction of sp³-hybridized carbons (Fsp3) is 0.833. The van der Waals surface area contributed by atoms with Crippen molar-refractivity contribution in [2.24, 2.45) is 40.7 Å². The zero-order valence-electron chi connectivity index (χ0n) is 21.4. The molecule has 0 aromatic rings. The number of hydrogen-bond donors (Lipinski definition) is 8. The number of hydrogen-bond acceptors (Lipinski definition) is 9. The summed E-state index contributed by atoms with van der Waals surface area (Å²) in [5.41, 5.74) is 22.8. The molecule has 1 heterocycles. The minimum Gasteiger partial charge on any atom is -0.480 e. The third-order valence-electron chi connectivity index (χ3n) is 7.45. The van der Waals surface area contributed by atoms with Crippen LogP contribution in [0, 0.1) is 17.8 Å². The lowest BCUT2D eigenvalue weighted by Gasteiger charge is -2.45. The molecule has 0 aromatic carbocycles.